The Hall–Kier alpha value is 0.730. The number of allylic oxidation sites excluding steroid dienone is 4. The molecule has 0 fully saturated rings. The van der Waals surface area contributed by atoms with Crippen LogP contribution in [0, 0.1) is 0 Å². The maximum absolute atomic E-state index is 6.47. The Balaban J connectivity index is 2.70. The van der Waals surface area contributed by atoms with Crippen molar-refractivity contribution in [3.8, 4) is 0 Å². The van der Waals surface area contributed by atoms with Crippen molar-refractivity contribution in [2.75, 3.05) is 0 Å². The fraction of sp³-hybridized carbons (Fsp3) is 0.0909. The highest BCUT2D eigenvalue weighted by Gasteiger charge is 2.46. The molecule has 0 aromatic heterocycles. The van der Waals surface area contributed by atoms with Crippen LogP contribution in [0.3, 0.4) is 0 Å². The quantitative estimate of drug-likeness (QED) is 0.467. The number of hydrogen-bond acceptors (Lipinski definition) is 0. The Kier molecular flexibility index (Phi) is 4.42. The Morgan fingerprint density at radius 2 is 1.28 bits per heavy atom. The molecule has 18 heavy (non-hydrogen) atoms. The molecule has 2 rings (SSSR count). The average Bonchev–Trinajstić information content (AvgIpc) is 2.46. The van der Waals surface area contributed by atoms with Crippen LogP contribution in [0.2, 0.25) is 10.0 Å². The summed E-state index contributed by atoms with van der Waals surface area (Å²) in [5.41, 5.74) is 0.471. The molecule has 0 heterocycles. The summed E-state index contributed by atoms with van der Waals surface area (Å²) in [5.74, 6) is 0. The molecule has 0 radical (unpaired) electrons. The zero-order valence-electron chi connectivity index (χ0n) is 8.38. The van der Waals surface area contributed by atoms with Gasteiger partial charge in [0.25, 0.3) is 0 Å². The molecule has 0 nitrogen and oxygen atoms in total. The van der Waals surface area contributed by atoms with Crippen LogP contribution in [-0.2, 0) is 4.87 Å². The van der Waals surface area contributed by atoms with E-state index < -0.39 is 4.87 Å². The normalized spacial score (nSPS) is 18.8. The number of benzene rings is 1. The van der Waals surface area contributed by atoms with Gasteiger partial charge in [-0.1, -0.05) is 75.7 Å². The molecule has 0 saturated carbocycles. The van der Waals surface area contributed by atoms with Crippen molar-refractivity contribution in [1.29, 1.82) is 0 Å². The Bertz CT molecular complexity index is 561. The monoisotopic (exact) mass is 380 g/mol. The van der Waals surface area contributed by atoms with Crippen molar-refractivity contribution in [2.45, 2.75) is 4.87 Å². The lowest BCUT2D eigenvalue weighted by Gasteiger charge is -2.24. The van der Waals surface area contributed by atoms with E-state index in [1.807, 2.05) is 0 Å². The lowest BCUT2D eigenvalue weighted by Crippen LogP contribution is -2.18. The molecule has 96 valence electrons. The van der Waals surface area contributed by atoms with E-state index in [0.29, 0.717) is 15.6 Å². The van der Waals surface area contributed by atoms with Crippen LogP contribution in [0.5, 0.6) is 0 Å². The highest BCUT2D eigenvalue weighted by molar-refractivity contribution is 6.58. The van der Waals surface area contributed by atoms with Gasteiger partial charge in [-0.05, 0) is 12.1 Å². The third kappa shape index (κ3) is 2.16. The fourth-order valence-corrected chi connectivity index (χ4v) is 3.85. The van der Waals surface area contributed by atoms with Crippen molar-refractivity contribution in [3.05, 3.63) is 53.9 Å². The molecule has 0 aliphatic heterocycles. The first-order chi connectivity index (χ1) is 8.30. The van der Waals surface area contributed by atoms with Crippen molar-refractivity contribution >= 4 is 81.2 Å². The van der Waals surface area contributed by atoms with Crippen molar-refractivity contribution < 1.29 is 0 Å². The topological polar surface area (TPSA) is 0 Å². The molecule has 1 aliphatic rings. The number of rotatable bonds is 1. The van der Waals surface area contributed by atoms with E-state index in [4.69, 9.17) is 81.2 Å². The second kappa shape index (κ2) is 5.26. The minimum absolute atomic E-state index is 0.115. The molecule has 0 N–H and O–H groups in total. The van der Waals surface area contributed by atoms with E-state index in [9.17, 15) is 0 Å². The average molecular weight is 383 g/mol. The maximum atomic E-state index is 6.47. The summed E-state index contributed by atoms with van der Waals surface area (Å²) >= 11 is 42.5. The largest absolute Gasteiger partial charge is 0.145 e. The highest BCUT2D eigenvalue weighted by Crippen LogP contribution is 2.58. The molecular weight excluding hydrogens is 380 g/mol. The summed E-state index contributed by atoms with van der Waals surface area (Å²) in [6.45, 7) is 0. The van der Waals surface area contributed by atoms with Crippen molar-refractivity contribution in [1.82, 2.24) is 0 Å². The molecular formula is C11H3Cl7. The maximum Gasteiger partial charge on any atom is 0.145 e. The summed E-state index contributed by atoms with van der Waals surface area (Å²) in [6.07, 6.45) is 0. The van der Waals surface area contributed by atoms with E-state index in [1.165, 1.54) is 6.07 Å². The fourth-order valence-electron chi connectivity index (χ4n) is 1.60. The first-order valence-corrected chi connectivity index (χ1v) is 7.21. The van der Waals surface area contributed by atoms with Gasteiger partial charge in [0.2, 0.25) is 0 Å². The van der Waals surface area contributed by atoms with Gasteiger partial charge in [0.15, 0.2) is 0 Å². The molecule has 0 bridgehead atoms. The van der Waals surface area contributed by atoms with E-state index in [0.717, 1.165) is 0 Å². The van der Waals surface area contributed by atoms with Crippen molar-refractivity contribution in [3.63, 3.8) is 0 Å². The Morgan fingerprint density at radius 1 is 0.778 bits per heavy atom. The van der Waals surface area contributed by atoms with Crippen LogP contribution >= 0.6 is 81.2 Å². The van der Waals surface area contributed by atoms with Gasteiger partial charge in [0.1, 0.15) is 4.87 Å². The molecule has 0 spiro atoms. The minimum Gasteiger partial charge on any atom is -0.101 e. The molecule has 1 aromatic carbocycles. The van der Waals surface area contributed by atoms with E-state index >= 15 is 0 Å². The predicted octanol–water partition coefficient (Wildman–Crippen LogP) is 6.82. The molecule has 7 heteroatoms. The molecule has 1 aromatic rings. The van der Waals surface area contributed by atoms with Crippen LogP contribution in [0.15, 0.2) is 38.3 Å². The molecule has 0 saturated heterocycles. The molecule has 1 aliphatic carbocycles. The van der Waals surface area contributed by atoms with E-state index in [-0.39, 0.29) is 20.1 Å². The lowest BCUT2D eigenvalue weighted by atomic mass is 9.99. The molecule has 0 unspecified atom stereocenters. The Labute approximate surface area is 139 Å². The van der Waals surface area contributed by atoms with Gasteiger partial charge < -0.3 is 0 Å². The highest BCUT2D eigenvalue weighted by atomic mass is 35.5. The van der Waals surface area contributed by atoms with Crippen molar-refractivity contribution in [2.24, 2.45) is 0 Å². The van der Waals surface area contributed by atoms with Gasteiger partial charge in [-0.3, -0.25) is 0 Å². The van der Waals surface area contributed by atoms with E-state index in [2.05, 4.69) is 0 Å². The van der Waals surface area contributed by atoms with E-state index in [1.54, 1.807) is 12.1 Å². The summed E-state index contributed by atoms with van der Waals surface area (Å²) < 4.78 is 0. The minimum atomic E-state index is -1.36. The number of hydrogen-bond donors (Lipinski definition) is 0. The van der Waals surface area contributed by atoms with Gasteiger partial charge in [0, 0.05) is 15.6 Å². The first-order valence-electron chi connectivity index (χ1n) is 4.56. The molecule has 0 amide bonds. The predicted molar refractivity (Wildman–Crippen MR) is 81.5 cm³/mol. The van der Waals surface area contributed by atoms with Gasteiger partial charge in [-0.25, -0.2) is 0 Å². The van der Waals surface area contributed by atoms with Gasteiger partial charge in [-0.2, -0.15) is 0 Å². The van der Waals surface area contributed by atoms with Crippen LogP contribution in [0.4, 0.5) is 0 Å². The SMILES string of the molecule is ClC1=C(Cl)C(Cl)(c2ccc(Cl)cc2Cl)C(Cl)=C1Cl. The Morgan fingerprint density at radius 3 is 1.72 bits per heavy atom. The van der Waals surface area contributed by atoms with Crippen LogP contribution < -0.4 is 0 Å². The summed E-state index contributed by atoms with van der Waals surface area (Å²) in [6, 6.07) is 4.79. The van der Waals surface area contributed by atoms with Gasteiger partial charge >= 0.3 is 0 Å². The van der Waals surface area contributed by atoms with Crippen LogP contribution in [0.1, 0.15) is 5.56 Å². The summed E-state index contributed by atoms with van der Waals surface area (Å²) in [7, 11) is 0. The van der Waals surface area contributed by atoms with Gasteiger partial charge in [-0.15, -0.1) is 11.6 Å². The third-order valence-electron chi connectivity index (χ3n) is 2.49. The summed E-state index contributed by atoms with van der Waals surface area (Å²) in [4.78, 5) is -1.36. The standard InChI is InChI=1S/C11H3Cl7/c12-4-1-2-5(6(13)3-4)11(18)9(16)7(14)8(15)10(11)17/h1-3H. The number of alkyl halides is 1. The molecule has 0 atom stereocenters. The summed E-state index contributed by atoms with van der Waals surface area (Å²) in [5, 5.41) is 1.26. The third-order valence-corrected chi connectivity index (χ3v) is 5.80. The zero-order valence-corrected chi connectivity index (χ0v) is 13.7. The van der Waals surface area contributed by atoms with Crippen LogP contribution in [0.25, 0.3) is 0 Å². The number of halogens is 7. The zero-order chi connectivity index (χ0) is 13.7. The van der Waals surface area contributed by atoms with Crippen LogP contribution in [-0.4, -0.2) is 0 Å². The van der Waals surface area contributed by atoms with Gasteiger partial charge in [0.05, 0.1) is 20.1 Å². The first kappa shape index (κ1) is 15.1. The second-order valence-electron chi connectivity index (χ2n) is 3.54. The smallest absolute Gasteiger partial charge is 0.101 e. The second-order valence-corrected chi connectivity index (χ2v) is 6.46. The lowest BCUT2D eigenvalue weighted by molar-refractivity contribution is 0.947.